The van der Waals surface area contributed by atoms with E-state index in [0.29, 0.717) is 12.8 Å². The van der Waals surface area contributed by atoms with Crippen molar-refractivity contribution in [2.24, 2.45) is 5.41 Å². The van der Waals surface area contributed by atoms with Gasteiger partial charge in [0.15, 0.2) is 0 Å². The van der Waals surface area contributed by atoms with Crippen LogP contribution in [0.2, 0.25) is 0 Å². The van der Waals surface area contributed by atoms with Crippen LogP contribution < -0.4 is 0 Å². The van der Waals surface area contributed by atoms with Gasteiger partial charge < -0.3 is 5.11 Å². The molecule has 1 rings (SSSR count). The molecule has 11 heavy (non-hydrogen) atoms. The lowest BCUT2D eigenvalue weighted by atomic mass is 9.81. The highest BCUT2D eigenvalue weighted by molar-refractivity contribution is 5.87. The first kappa shape index (κ1) is 8.72. The van der Waals surface area contributed by atoms with Crippen LogP contribution in [0, 0.1) is 5.41 Å². The van der Waals surface area contributed by atoms with Gasteiger partial charge in [-0.3, -0.25) is 4.79 Å². The van der Waals surface area contributed by atoms with Crippen molar-refractivity contribution in [1.82, 2.24) is 0 Å². The number of rotatable bonds is 2. The van der Waals surface area contributed by atoms with Crippen molar-refractivity contribution in [3.8, 4) is 0 Å². The van der Waals surface area contributed by atoms with Crippen molar-refractivity contribution in [1.29, 1.82) is 0 Å². The van der Waals surface area contributed by atoms with Crippen molar-refractivity contribution < 1.29 is 9.90 Å². The molecule has 0 aromatic carbocycles. The number of ketones is 1. The molecule has 0 saturated heterocycles. The summed E-state index contributed by atoms with van der Waals surface area (Å²) in [4.78, 5) is 11.3. The molecule has 0 unspecified atom stereocenters. The summed E-state index contributed by atoms with van der Waals surface area (Å²) in [6.07, 6.45) is 2.63. The Bertz CT molecular complexity index is 165. The zero-order valence-corrected chi connectivity index (χ0v) is 7.26. The van der Waals surface area contributed by atoms with Gasteiger partial charge >= 0.3 is 0 Å². The van der Waals surface area contributed by atoms with Crippen LogP contribution in [0.4, 0.5) is 0 Å². The Labute approximate surface area is 67.6 Å². The standard InChI is InChI=1S/C9H16O2/c1-3-6-9(2)7(10)4-5-8(9)11/h7,10H,3-6H2,1-2H3/t7-,9+/m1/s1. The number of hydrogen-bond donors (Lipinski definition) is 1. The van der Waals surface area contributed by atoms with Crippen LogP contribution in [-0.2, 0) is 4.79 Å². The van der Waals surface area contributed by atoms with E-state index in [1.54, 1.807) is 0 Å². The average Bonchev–Trinajstić information content (AvgIpc) is 2.19. The maximum atomic E-state index is 11.3. The summed E-state index contributed by atoms with van der Waals surface area (Å²) < 4.78 is 0. The zero-order valence-electron chi connectivity index (χ0n) is 7.26. The fourth-order valence-electron chi connectivity index (χ4n) is 1.88. The fraction of sp³-hybridized carbons (Fsp3) is 0.889. The molecule has 1 aliphatic rings. The average molecular weight is 156 g/mol. The molecule has 0 aliphatic heterocycles. The predicted octanol–water partition coefficient (Wildman–Crippen LogP) is 1.52. The molecule has 0 radical (unpaired) electrons. The molecule has 2 nitrogen and oxygen atoms in total. The Morgan fingerprint density at radius 3 is 2.73 bits per heavy atom. The van der Waals surface area contributed by atoms with E-state index in [0.717, 1.165) is 12.8 Å². The smallest absolute Gasteiger partial charge is 0.141 e. The summed E-state index contributed by atoms with van der Waals surface area (Å²) in [5.41, 5.74) is -0.422. The molecule has 64 valence electrons. The number of Topliss-reactive ketones (excluding diaryl/α,β-unsaturated/α-hetero) is 1. The van der Waals surface area contributed by atoms with Gasteiger partial charge in [-0.05, 0) is 12.8 Å². The summed E-state index contributed by atoms with van der Waals surface area (Å²) >= 11 is 0. The zero-order chi connectivity index (χ0) is 8.48. The lowest BCUT2D eigenvalue weighted by Gasteiger charge is -2.25. The highest BCUT2D eigenvalue weighted by Crippen LogP contribution is 2.38. The van der Waals surface area contributed by atoms with Gasteiger partial charge in [-0.1, -0.05) is 20.3 Å². The molecule has 2 atom stereocenters. The second-order valence-electron chi connectivity index (χ2n) is 3.65. The number of aliphatic hydroxyl groups is 1. The maximum Gasteiger partial charge on any atom is 0.141 e. The Hall–Kier alpha value is -0.370. The summed E-state index contributed by atoms with van der Waals surface area (Å²) in [5.74, 6) is 0.242. The van der Waals surface area contributed by atoms with Crippen molar-refractivity contribution in [2.75, 3.05) is 0 Å². The number of hydrogen-bond acceptors (Lipinski definition) is 2. The lowest BCUT2D eigenvalue weighted by Crippen LogP contribution is -2.32. The topological polar surface area (TPSA) is 37.3 Å². The van der Waals surface area contributed by atoms with Gasteiger partial charge in [-0.15, -0.1) is 0 Å². The van der Waals surface area contributed by atoms with Gasteiger partial charge in [0.2, 0.25) is 0 Å². The van der Waals surface area contributed by atoms with Crippen LogP contribution in [0.25, 0.3) is 0 Å². The molecule has 0 aromatic rings. The third-order valence-corrected chi connectivity index (χ3v) is 2.79. The number of carbonyl (C=O) groups excluding carboxylic acids is 1. The van der Waals surface area contributed by atoms with Crippen LogP contribution >= 0.6 is 0 Å². The fourth-order valence-corrected chi connectivity index (χ4v) is 1.88. The summed E-state index contributed by atoms with van der Waals surface area (Å²) in [7, 11) is 0. The molecule has 0 aromatic heterocycles. The Balaban J connectivity index is 2.71. The first-order valence-electron chi connectivity index (χ1n) is 4.32. The molecule has 0 amide bonds. The van der Waals surface area contributed by atoms with Gasteiger partial charge in [0, 0.05) is 6.42 Å². The monoisotopic (exact) mass is 156 g/mol. The highest BCUT2D eigenvalue weighted by atomic mass is 16.3. The van der Waals surface area contributed by atoms with E-state index in [4.69, 9.17) is 0 Å². The van der Waals surface area contributed by atoms with Gasteiger partial charge in [0.1, 0.15) is 5.78 Å². The Morgan fingerprint density at radius 1 is 1.73 bits per heavy atom. The van der Waals surface area contributed by atoms with Gasteiger partial charge in [0.25, 0.3) is 0 Å². The molecule has 1 saturated carbocycles. The van der Waals surface area contributed by atoms with Crippen molar-refractivity contribution in [3.05, 3.63) is 0 Å². The molecule has 0 spiro atoms. The van der Waals surface area contributed by atoms with Crippen LogP contribution in [0.1, 0.15) is 39.5 Å². The molecule has 1 N–H and O–H groups in total. The molecular weight excluding hydrogens is 140 g/mol. The molecule has 1 aliphatic carbocycles. The first-order valence-corrected chi connectivity index (χ1v) is 4.32. The highest BCUT2D eigenvalue weighted by Gasteiger charge is 2.43. The van der Waals surface area contributed by atoms with E-state index in [1.165, 1.54) is 0 Å². The third-order valence-electron chi connectivity index (χ3n) is 2.79. The Morgan fingerprint density at radius 2 is 2.36 bits per heavy atom. The SMILES string of the molecule is CCC[C@]1(C)C(=O)CC[C@H]1O. The van der Waals surface area contributed by atoms with Crippen LogP contribution in [0.15, 0.2) is 0 Å². The second kappa shape index (κ2) is 2.94. The van der Waals surface area contributed by atoms with Gasteiger partial charge in [0.05, 0.1) is 11.5 Å². The molecule has 0 heterocycles. The second-order valence-corrected chi connectivity index (χ2v) is 3.65. The summed E-state index contributed by atoms with van der Waals surface area (Å²) in [6.45, 7) is 3.93. The van der Waals surface area contributed by atoms with E-state index in [9.17, 15) is 9.90 Å². The lowest BCUT2D eigenvalue weighted by molar-refractivity contribution is -0.128. The van der Waals surface area contributed by atoms with Gasteiger partial charge in [-0.25, -0.2) is 0 Å². The van der Waals surface area contributed by atoms with Gasteiger partial charge in [-0.2, -0.15) is 0 Å². The Kier molecular flexibility index (Phi) is 2.33. The van der Waals surface area contributed by atoms with Crippen LogP contribution in [-0.4, -0.2) is 17.0 Å². The summed E-state index contributed by atoms with van der Waals surface area (Å²) in [5, 5.41) is 9.53. The quantitative estimate of drug-likeness (QED) is 0.658. The first-order chi connectivity index (χ1) is 5.11. The minimum absolute atomic E-state index is 0.242. The van der Waals surface area contributed by atoms with E-state index < -0.39 is 11.5 Å². The minimum Gasteiger partial charge on any atom is -0.392 e. The molecule has 2 heteroatoms. The maximum absolute atomic E-state index is 11.3. The predicted molar refractivity (Wildman–Crippen MR) is 43.3 cm³/mol. The van der Waals surface area contributed by atoms with Crippen LogP contribution in [0.3, 0.4) is 0 Å². The van der Waals surface area contributed by atoms with E-state index in [-0.39, 0.29) is 5.78 Å². The largest absolute Gasteiger partial charge is 0.392 e. The van der Waals surface area contributed by atoms with E-state index in [2.05, 4.69) is 0 Å². The third kappa shape index (κ3) is 1.32. The van der Waals surface area contributed by atoms with E-state index in [1.807, 2.05) is 13.8 Å². The number of aliphatic hydroxyl groups excluding tert-OH is 1. The van der Waals surface area contributed by atoms with Crippen molar-refractivity contribution in [3.63, 3.8) is 0 Å². The summed E-state index contributed by atoms with van der Waals surface area (Å²) in [6, 6.07) is 0. The van der Waals surface area contributed by atoms with Crippen molar-refractivity contribution >= 4 is 5.78 Å². The normalized spacial score (nSPS) is 38.1. The minimum atomic E-state index is -0.422. The number of carbonyl (C=O) groups is 1. The van der Waals surface area contributed by atoms with Crippen molar-refractivity contribution in [2.45, 2.75) is 45.6 Å². The van der Waals surface area contributed by atoms with E-state index >= 15 is 0 Å². The van der Waals surface area contributed by atoms with Crippen LogP contribution in [0.5, 0.6) is 0 Å². The molecule has 0 bridgehead atoms. The molecule has 1 fully saturated rings. The molecular formula is C9H16O2.